The summed E-state index contributed by atoms with van der Waals surface area (Å²) < 4.78 is 10.6. The second-order valence-corrected chi connectivity index (χ2v) is 8.58. The summed E-state index contributed by atoms with van der Waals surface area (Å²) in [7, 11) is 5.32. The number of benzene rings is 2. The summed E-state index contributed by atoms with van der Waals surface area (Å²) in [6.45, 7) is 3.77. The standard InChI is InChI=1S/C25H34N4O3/c1-28-14-11-19-15-18(7-9-21(19)28)22(29-12-5-4-6-13-29)17-26-25(30)27-20-8-10-23(31-2)24(16-20)32-3/h7-10,15-16,22H,4-6,11-14,17H2,1-3H3,(H2,26,27,30)/t22-/m0/s1. The number of ether oxygens (including phenoxy) is 2. The van der Waals surface area contributed by atoms with Crippen LogP contribution in [0.15, 0.2) is 36.4 Å². The molecule has 0 spiro atoms. The number of nitrogens with one attached hydrogen (secondary N) is 2. The van der Waals surface area contributed by atoms with Gasteiger partial charge in [-0.15, -0.1) is 0 Å². The van der Waals surface area contributed by atoms with E-state index in [0.29, 0.717) is 23.7 Å². The van der Waals surface area contributed by atoms with Gasteiger partial charge in [0.1, 0.15) is 0 Å². The third kappa shape index (κ3) is 4.93. The molecule has 0 aliphatic carbocycles. The second kappa shape index (κ2) is 10.1. The summed E-state index contributed by atoms with van der Waals surface area (Å²) in [6, 6.07) is 12.1. The molecule has 0 aromatic heterocycles. The second-order valence-electron chi connectivity index (χ2n) is 8.58. The van der Waals surface area contributed by atoms with Gasteiger partial charge in [0.25, 0.3) is 0 Å². The normalized spacial score (nSPS) is 16.9. The van der Waals surface area contributed by atoms with Crippen LogP contribution in [-0.4, -0.2) is 58.4 Å². The Morgan fingerprint density at radius 3 is 2.53 bits per heavy atom. The zero-order valence-corrected chi connectivity index (χ0v) is 19.3. The quantitative estimate of drug-likeness (QED) is 0.683. The summed E-state index contributed by atoms with van der Waals surface area (Å²) in [6.07, 6.45) is 4.79. The van der Waals surface area contributed by atoms with E-state index in [1.54, 1.807) is 32.4 Å². The third-order valence-electron chi connectivity index (χ3n) is 6.54. The Morgan fingerprint density at radius 2 is 1.78 bits per heavy atom. The smallest absolute Gasteiger partial charge is 0.319 e. The van der Waals surface area contributed by atoms with Crippen molar-refractivity contribution in [1.82, 2.24) is 10.2 Å². The van der Waals surface area contributed by atoms with Crippen molar-refractivity contribution in [2.75, 3.05) is 57.7 Å². The minimum Gasteiger partial charge on any atom is -0.493 e. The van der Waals surface area contributed by atoms with E-state index in [2.05, 4.69) is 45.7 Å². The Balaban J connectivity index is 1.45. The van der Waals surface area contributed by atoms with Gasteiger partial charge in [-0.25, -0.2) is 4.79 Å². The maximum atomic E-state index is 12.7. The molecule has 1 fully saturated rings. The minimum atomic E-state index is -0.222. The third-order valence-corrected chi connectivity index (χ3v) is 6.54. The van der Waals surface area contributed by atoms with Crippen molar-refractivity contribution in [2.24, 2.45) is 0 Å². The molecule has 2 aliphatic rings. The maximum Gasteiger partial charge on any atom is 0.319 e. The molecule has 0 unspecified atom stereocenters. The van der Waals surface area contributed by atoms with E-state index >= 15 is 0 Å². The number of hydrogen-bond donors (Lipinski definition) is 2. The van der Waals surface area contributed by atoms with Crippen molar-refractivity contribution in [3.05, 3.63) is 47.5 Å². The van der Waals surface area contributed by atoms with Crippen molar-refractivity contribution < 1.29 is 14.3 Å². The van der Waals surface area contributed by atoms with Crippen LogP contribution in [0, 0.1) is 0 Å². The van der Waals surface area contributed by atoms with Crippen LogP contribution in [0.1, 0.15) is 36.4 Å². The van der Waals surface area contributed by atoms with Crippen LogP contribution in [-0.2, 0) is 6.42 Å². The van der Waals surface area contributed by atoms with Crippen LogP contribution in [0.5, 0.6) is 11.5 Å². The van der Waals surface area contributed by atoms with Gasteiger partial charge < -0.3 is 25.0 Å². The van der Waals surface area contributed by atoms with Gasteiger partial charge in [-0.3, -0.25) is 4.90 Å². The van der Waals surface area contributed by atoms with E-state index in [1.165, 1.54) is 36.1 Å². The highest BCUT2D eigenvalue weighted by atomic mass is 16.5. The van der Waals surface area contributed by atoms with Crippen LogP contribution in [0.25, 0.3) is 0 Å². The number of anilines is 2. The van der Waals surface area contributed by atoms with Crippen LogP contribution in [0.3, 0.4) is 0 Å². The summed E-state index contributed by atoms with van der Waals surface area (Å²) in [5.74, 6) is 1.21. The van der Waals surface area contributed by atoms with Crippen LogP contribution < -0.4 is 25.0 Å². The molecule has 2 amide bonds. The first-order chi connectivity index (χ1) is 15.6. The van der Waals surface area contributed by atoms with Crippen LogP contribution in [0.2, 0.25) is 0 Å². The Bertz CT molecular complexity index is 943. The van der Waals surface area contributed by atoms with Gasteiger partial charge in [0.2, 0.25) is 0 Å². The summed E-state index contributed by atoms with van der Waals surface area (Å²) in [5, 5.41) is 6.01. The fraction of sp³-hybridized carbons (Fsp3) is 0.480. The topological polar surface area (TPSA) is 66.1 Å². The van der Waals surface area contributed by atoms with E-state index in [9.17, 15) is 4.79 Å². The number of carbonyl (C=O) groups is 1. The average molecular weight is 439 g/mol. The van der Waals surface area contributed by atoms with Gasteiger partial charge in [-0.05, 0) is 61.7 Å². The SMILES string of the molecule is COc1ccc(NC(=O)NC[C@@H](c2ccc3c(c2)CCN3C)N2CCCCC2)cc1OC. The molecule has 1 atom stereocenters. The molecule has 2 aromatic rings. The molecule has 2 aliphatic heterocycles. The predicted octanol–water partition coefficient (Wildman–Crippen LogP) is 4.04. The highest BCUT2D eigenvalue weighted by molar-refractivity contribution is 5.89. The number of urea groups is 1. The lowest BCUT2D eigenvalue weighted by atomic mass is 9.98. The molecule has 1 saturated heterocycles. The molecule has 7 nitrogen and oxygen atoms in total. The molecule has 2 heterocycles. The highest BCUT2D eigenvalue weighted by Gasteiger charge is 2.25. The predicted molar refractivity (Wildman–Crippen MR) is 128 cm³/mol. The molecule has 172 valence electrons. The van der Waals surface area contributed by atoms with Crippen molar-refractivity contribution in [1.29, 1.82) is 0 Å². The van der Waals surface area contributed by atoms with Gasteiger partial charge >= 0.3 is 6.03 Å². The number of carbonyl (C=O) groups excluding carboxylic acids is 1. The van der Waals surface area contributed by atoms with Gasteiger partial charge in [-0.1, -0.05) is 18.6 Å². The fourth-order valence-corrected chi connectivity index (χ4v) is 4.76. The zero-order valence-electron chi connectivity index (χ0n) is 19.3. The zero-order chi connectivity index (χ0) is 22.5. The Labute approximate surface area is 190 Å². The van der Waals surface area contributed by atoms with Crippen molar-refractivity contribution in [3.63, 3.8) is 0 Å². The van der Waals surface area contributed by atoms with Crippen molar-refractivity contribution in [3.8, 4) is 11.5 Å². The summed E-state index contributed by atoms with van der Waals surface area (Å²) in [4.78, 5) is 17.5. The number of methoxy groups -OCH3 is 2. The van der Waals surface area contributed by atoms with Gasteiger partial charge in [0, 0.05) is 37.6 Å². The van der Waals surface area contributed by atoms with Gasteiger partial charge in [0.05, 0.1) is 20.3 Å². The van der Waals surface area contributed by atoms with E-state index in [4.69, 9.17) is 9.47 Å². The first kappa shape index (κ1) is 22.3. The Kier molecular flexibility index (Phi) is 7.05. The van der Waals surface area contributed by atoms with Crippen molar-refractivity contribution in [2.45, 2.75) is 31.7 Å². The molecule has 0 radical (unpaired) electrons. The minimum absolute atomic E-state index is 0.169. The molecule has 2 aromatic carbocycles. The number of likely N-dealkylation sites (N-methyl/N-ethyl adjacent to an activating group) is 1. The van der Waals surface area contributed by atoms with E-state index in [0.717, 1.165) is 26.1 Å². The van der Waals surface area contributed by atoms with Crippen LogP contribution >= 0.6 is 0 Å². The van der Waals surface area contributed by atoms with Crippen LogP contribution in [0.4, 0.5) is 16.2 Å². The number of nitrogens with zero attached hydrogens (tertiary/aromatic N) is 2. The summed E-state index contributed by atoms with van der Waals surface area (Å²) >= 11 is 0. The van der Waals surface area contributed by atoms with E-state index in [-0.39, 0.29) is 12.1 Å². The lowest BCUT2D eigenvalue weighted by Crippen LogP contribution is -2.41. The first-order valence-electron chi connectivity index (χ1n) is 11.4. The molecular formula is C25H34N4O3. The average Bonchev–Trinajstić information content (AvgIpc) is 3.20. The van der Waals surface area contributed by atoms with Crippen molar-refractivity contribution >= 4 is 17.4 Å². The lowest BCUT2D eigenvalue weighted by molar-refractivity contribution is 0.161. The maximum absolute atomic E-state index is 12.7. The molecular weight excluding hydrogens is 404 g/mol. The van der Waals surface area contributed by atoms with E-state index < -0.39 is 0 Å². The molecule has 32 heavy (non-hydrogen) atoms. The highest BCUT2D eigenvalue weighted by Crippen LogP contribution is 2.32. The molecule has 7 heteroatoms. The number of likely N-dealkylation sites (tertiary alicyclic amines) is 1. The Morgan fingerprint density at radius 1 is 1.00 bits per heavy atom. The fourth-order valence-electron chi connectivity index (χ4n) is 4.76. The number of piperidine rings is 1. The number of hydrogen-bond acceptors (Lipinski definition) is 5. The van der Waals surface area contributed by atoms with E-state index in [1.807, 2.05) is 0 Å². The molecule has 4 rings (SSSR count). The largest absolute Gasteiger partial charge is 0.493 e. The molecule has 0 bridgehead atoms. The Hall–Kier alpha value is -2.93. The lowest BCUT2D eigenvalue weighted by Gasteiger charge is -2.35. The molecule has 2 N–H and O–H groups in total. The monoisotopic (exact) mass is 438 g/mol. The molecule has 0 saturated carbocycles. The number of fused-ring (bicyclic) bond motifs is 1. The number of rotatable bonds is 7. The van der Waals surface area contributed by atoms with Gasteiger partial charge in [0.15, 0.2) is 11.5 Å². The first-order valence-corrected chi connectivity index (χ1v) is 11.4. The summed E-state index contributed by atoms with van der Waals surface area (Å²) in [5.41, 5.74) is 4.68. The van der Waals surface area contributed by atoms with Gasteiger partial charge in [-0.2, -0.15) is 0 Å². The number of amides is 2.